The number of hydrogen-bond acceptors (Lipinski definition) is 0. The molecule has 0 bridgehead atoms. The first-order valence-corrected chi connectivity index (χ1v) is 5.16. The number of fused-ring (bicyclic) bond motifs is 3. The molecule has 0 amide bonds. The molecule has 0 fully saturated rings. The summed E-state index contributed by atoms with van der Waals surface area (Å²) in [6.45, 7) is 0. The minimum Gasteiger partial charge on any atom is -0.361 e. The van der Waals surface area contributed by atoms with Gasteiger partial charge in [0.15, 0.2) is 0 Å². The molecule has 0 saturated carbocycles. The topological polar surface area (TPSA) is 15.8 Å². The number of benzene rings is 1. The summed E-state index contributed by atoms with van der Waals surface area (Å²) in [6, 6.07) is 5.98. The zero-order chi connectivity index (χ0) is 9.71. The average Bonchev–Trinajstić information content (AvgIpc) is 2.68. The van der Waals surface area contributed by atoms with Crippen LogP contribution in [-0.4, -0.2) is 4.98 Å². The molecular formula is C11H7Cl2N. The van der Waals surface area contributed by atoms with Gasteiger partial charge < -0.3 is 4.98 Å². The summed E-state index contributed by atoms with van der Waals surface area (Å²) in [5.74, 6) is 0. The lowest BCUT2D eigenvalue weighted by Gasteiger charge is -2.02. The molecule has 14 heavy (non-hydrogen) atoms. The van der Waals surface area contributed by atoms with Gasteiger partial charge in [-0.25, -0.2) is 0 Å². The fraction of sp³-hybridized carbons (Fsp3) is 0.0909. The lowest BCUT2D eigenvalue weighted by atomic mass is 10.1. The molecule has 1 aliphatic rings. The first-order chi connectivity index (χ1) is 6.75. The summed E-state index contributed by atoms with van der Waals surface area (Å²) in [5.41, 5.74) is 4.93. The molecule has 0 aliphatic heterocycles. The predicted octanol–water partition coefficient (Wildman–Crippen LogP) is 3.89. The number of halogens is 2. The summed E-state index contributed by atoms with van der Waals surface area (Å²) >= 11 is 11.9. The molecule has 70 valence electrons. The van der Waals surface area contributed by atoms with Crippen molar-refractivity contribution in [3.8, 4) is 11.3 Å². The van der Waals surface area contributed by atoms with Crippen LogP contribution in [0, 0.1) is 0 Å². The highest BCUT2D eigenvalue weighted by Gasteiger charge is 2.20. The van der Waals surface area contributed by atoms with Gasteiger partial charge in [0.1, 0.15) is 0 Å². The number of H-pyrrole nitrogens is 1. The van der Waals surface area contributed by atoms with Crippen molar-refractivity contribution in [3.05, 3.63) is 45.6 Å². The predicted molar refractivity (Wildman–Crippen MR) is 59.1 cm³/mol. The number of aromatic amines is 1. The third-order valence-electron chi connectivity index (χ3n) is 2.63. The van der Waals surface area contributed by atoms with Crippen LogP contribution in [-0.2, 0) is 6.42 Å². The maximum absolute atomic E-state index is 5.98. The van der Waals surface area contributed by atoms with Crippen molar-refractivity contribution in [2.45, 2.75) is 6.42 Å². The largest absolute Gasteiger partial charge is 0.361 e. The van der Waals surface area contributed by atoms with Gasteiger partial charge in [-0.3, -0.25) is 0 Å². The second kappa shape index (κ2) is 2.78. The van der Waals surface area contributed by atoms with Crippen LogP contribution >= 0.6 is 23.2 Å². The van der Waals surface area contributed by atoms with E-state index in [1.807, 2.05) is 18.3 Å². The van der Waals surface area contributed by atoms with Gasteiger partial charge in [-0.05, 0) is 29.3 Å². The average molecular weight is 224 g/mol. The second-order valence-electron chi connectivity index (χ2n) is 3.48. The van der Waals surface area contributed by atoms with Gasteiger partial charge in [-0.15, -0.1) is 0 Å². The molecule has 0 radical (unpaired) electrons. The van der Waals surface area contributed by atoms with Gasteiger partial charge in [0.2, 0.25) is 0 Å². The Balaban J connectivity index is 2.30. The van der Waals surface area contributed by atoms with Crippen LogP contribution in [0.3, 0.4) is 0 Å². The molecule has 1 heterocycles. The SMILES string of the molecule is Clc1cc2c(cc1Cl)-c1[nH]ccc1C2. The zero-order valence-electron chi connectivity index (χ0n) is 7.27. The lowest BCUT2D eigenvalue weighted by molar-refractivity contribution is 1.27. The molecule has 0 saturated heterocycles. The highest BCUT2D eigenvalue weighted by atomic mass is 35.5. The van der Waals surface area contributed by atoms with Crippen molar-refractivity contribution < 1.29 is 0 Å². The van der Waals surface area contributed by atoms with Crippen molar-refractivity contribution in [1.82, 2.24) is 4.98 Å². The van der Waals surface area contributed by atoms with Crippen molar-refractivity contribution in [2.75, 3.05) is 0 Å². The second-order valence-corrected chi connectivity index (χ2v) is 4.29. The normalized spacial score (nSPS) is 12.7. The van der Waals surface area contributed by atoms with E-state index in [0.717, 1.165) is 6.42 Å². The molecule has 1 aromatic heterocycles. The van der Waals surface area contributed by atoms with Gasteiger partial charge >= 0.3 is 0 Å². The van der Waals surface area contributed by atoms with Crippen LogP contribution in [0.25, 0.3) is 11.3 Å². The standard InChI is InChI=1S/C11H7Cl2N/c12-9-4-7-3-6-1-2-14-11(6)8(7)5-10(9)13/h1-2,4-5,14H,3H2. The smallest absolute Gasteiger partial charge is 0.0599 e. The van der Waals surface area contributed by atoms with Crippen LogP contribution in [0.15, 0.2) is 24.4 Å². The van der Waals surface area contributed by atoms with Crippen molar-refractivity contribution in [1.29, 1.82) is 0 Å². The minimum absolute atomic E-state index is 0.618. The molecule has 2 aromatic rings. The Labute approximate surface area is 91.7 Å². The number of rotatable bonds is 0. The van der Waals surface area contributed by atoms with Crippen LogP contribution in [0.2, 0.25) is 10.0 Å². The summed E-state index contributed by atoms with van der Waals surface area (Å²) in [4.78, 5) is 3.22. The molecule has 0 atom stereocenters. The molecule has 3 heteroatoms. The Morgan fingerprint density at radius 3 is 2.71 bits per heavy atom. The van der Waals surface area contributed by atoms with E-state index in [-0.39, 0.29) is 0 Å². The van der Waals surface area contributed by atoms with Crippen molar-refractivity contribution >= 4 is 23.2 Å². The Bertz CT molecular complexity index is 514. The quantitative estimate of drug-likeness (QED) is 0.596. The Kier molecular flexibility index (Phi) is 1.67. The van der Waals surface area contributed by atoms with Crippen LogP contribution < -0.4 is 0 Å². The number of aromatic nitrogens is 1. The molecule has 1 nitrogen and oxygen atoms in total. The van der Waals surface area contributed by atoms with E-state index in [9.17, 15) is 0 Å². The molecule has 0 spiro atoms. The molecule has 3 rings (SSSR count). The van der Waals surface area contributed by atoms with Crippen LogP contribution in [0.4, 0.5) is 0 Å². The molecule has 1 N–H and O–H groups in total. The summed E-state index contributed by atoms with van der Waals surface area (Å²) in [5, 5.41) is 1.25. The fourth-order valence-corrected chi connectivity index (χ4v) is 2.32. The van der Waals surface area contributed by atoms with Gasteiger partial charge in [-0.1, -0.05) is 23.2 Å². The Morgan fingerprint density at radius 2 is 1.86 bits per heavy atom. The molecular weight excluding hydrogens is 217 g/mol. The minimum atomic E-state index is 0.618. The Hall–Kier alpha value is -0.920. The first kappa shape index (κ1) is 8.39. The first-order valence-electron chi connectivity index (χ1n) is 4.40. The Morgan fingerprint density at radius 1 is 1.07 bits per heavy atom. The molecule has 0 unspecified atom stereocenters. The van der Waals surface area contributed by atoms with E-state index in [2.05, 4.69) is 11.1 Å². The van der Waals surface area contributed by atoms with E-state index < -0.39 is 0 Å². The number of nitrogens with one attached hydrogen (secondary N) is 1. The highest BCUT2D eigenvalue weighted by Crippen LogP contribution is 2.39. The van der Waals surface area contributed by atoms with Crippen molar-refractivity contribution in [3.63, 3.8) is 0 Å². The maximum Gasteiger partial charge on any atom is 0.0599 e. The molecule has 1 aromatic carbocycles. The lowest BCUT2D eigenvalue weighted by Crippen LogP contribution is -1.81. The van der Waals surface area contributed by atoms with Crippen molar-refractivity contribution in [2.24, 2.45) is 0 Å². The third kappa shape index (κ3) is 1.03. The van der Waals surface area contributed by atoms with Gasteiger partial charge in [0, 0.05) is 23.9 Å². The van der Waals surface area contributed by atoms with E-state index in [1.54, 1.807) is 0 Å². The van der Waals surface area contributed by atoms with E-state index in [4.69, 9.17) is 23.2 Å². The monoisotopic (exact) mass is 223 g/mol. The van der Waals surface area contributed by atoms with E-state index in [0.29, 0.717) is 10.0 Å². The van der Waals surface area contributed by atoms with Crippen LogP contribution in [0.1, 0.15) is 11.1 Å². The van der Waals surface area contributed by atoms with Gasteiger partial charge in [-0.2, -0.15) is 0 Å². The maximum atomic E-state index is 5.98. The number of hydrogen-bond donors (Lipinski definition) is 1. The summed E-state index contributed by atoms with van der Waals surface area (Å²) in [6.07, 6.45) is 2.90. The van der Waals surface area contributed by atoms with E-state index >= 15 is 0 Å². The van der Waals surface area contributed by atoms with Gasteiger partial charge in [0.25, 0.3) is 0 Å². The zero-order valence-corrected chi connectivity index (χ0v) is 8.78. The third-order valence-corrected chi connectivity index (χ3v) is 3.35. The van der Waals surface area contributed by atoms with Gasteiger partial charge in [0.05, 0.1) is 10.0 Å². The van der Waals surface area contributed by atoms with Crippen LogP contribution in [0.5, 0.6) is 0 Å². The fourth-order valence-electron chi connectivity index (χ4n) is 1.97. The van der Waals surface area contributed by atoms with E-state index in [1.165, 1.54) is 22.4 Å². The summed E-state index contributed by atoms with van der Waals surface area (Å²) in [7, 11) is 0. The summed E-state index contributed by atoms with van der Waals surface area (Å²) < 4.78 is 0. The highest BCUT2D eigenvalue weighted by molar-refractivity contribution is 6.42. The molecule has 1 aliphatic carbocycles.